The third-order valence-corrected chi connectivity index (χ3v) is 3.92. The third kappa shape index (κ3) is 4.05. The maximum absolute atomic E-state index is 14.0. The summed E-state index contributed by atoms with van der Waals surface area (Å²) in [5, 5.41) is 11.2. The van der Waals surface area contributed by atoms with Gasteiger partial charge in [0.1, 0.15) is 11.4 Å². The van der Waals surface area contributed by atoms with Gasteiger partial charge in [-0.1, -0.05) is 0 Å². The molecule has 24 heavy (non-hydrogen) atoms. The molecule has 0 N–H and O–H groups in total. The lowest BCUT2D eigenvalue weighted by atomic mass is 10.1. The van der Waals surface area contributed by atoms with Crippen molar-refractivity contribution in [2.45, 2.75) is 19.1 Å². The van der Waals surface area contributed by atoms with Crippen molar-refractivity contribution in [1.82, 2.24) is 4.90 Å². The van der Waals surface area contributed by atoms with E-state index in [1.807, 2.05) is 0 Å². The molecular weight excluding hydrogens is 334 g/mol. The zero-order valence-corrected chi connectivity index (χ0v) is 13.1. The van der Waals surface area contributed by atoms with Crippen LogP contribution in [0, 0.1) is 15.9 Å². The number of rotatable bonds is 4. The number of ether oxygens (including phenoxy) is 1. The number of anilines is 1. The normalized spacial score (nSPS) is 19.4. The van der Waals surface area contributed by atoms with Gasteiger partial charge in [-0.15, -0.1) is 0 Å². The van der Waals surface area contributed by atoms with Gasteiger partial charge in [0.25, 0.3) is 0 Å². The number of benzene rings is 1. The molecule has 10 heteroatoms. The fourth-order valence-electron chi connectivity index (χ4n) is 2.78. The maximum atomic E-state index is 14.0. The Balaban J connectivity index is 2.27. The molecule has 6 nitrogen and oxygen atoms in total. The summed E-state index contributed by atoms with van der Waals surface area (Å²) >= 11 is 0. The number of piperazine rings is 1. The molecule has 1 aliphatic heterocycles. The van der Waals surface area contributed by atoms with Crippen molar-refractivity contribution in [1.29, 1.82) is 0 Å². The van der Waals surface area contributed by atoms with Crippen LogP contribution in [0.5, 0.6) is 5.75 Å². The van der Waals surface area contributed by atoms with E-state index in [2.05, 4.69) is 0 Å². The molecule has 1 aromatic carbocycles. The Morgan fingerprint density at radius 3 is 2.54 bits per heavy atom. The van der Waals surface area contributed by atoms with Crippen LogP contribution < -0.4 is 9.64 Å². The topological polar surface area (TPSA) is 58.9 Å². The number of nitrogens with zero attached hydrogens (tertiary/aromatic N) is 3. The Morgan fingerprint density at radius 1 is 1.38 bits per heavy atom. The van der Waals surface area contributed by atoms with E-state index in [-0.39, 0.29) is 31.1 Å². The van der Waals surface area contributed by atoms with Gasteiger partial charge in [-0.2, -0.15) is 17.6 Å². The fraction of sp³-hybridized carbons (Fsp3) is 0.571. The Kier molecular flexibility index (Phi) is 5.16. The molecule has 1 heterocycles. The highest BCUT2D eigenvalue weighted by molar-refractivity contribution is 5.67. The minimum absolute atomic E-state index is 0.00959. The van der Waals surface area contributed by atoms with Crippen LogP contribution in [0.1, 0.15) is 6.92 Å². The van der Waals surface area contributed by atoms with Crippen molar-refractivity contribution < 1.29 is 27.2 Å². The van der Waals surface area contributed by atoms with E-state index >= 15 is 0 Å². The van der Waals surface area contributed by atoms with Gasteiger partial charge in [0.05, 0.1) is 18.6 Å². The van der Waals surface area contributed by atoms with E-state index in [0.717, 1.165) is 6.07 Å². The molecule has 1 aromatic rings. The van der Waals surface area contributed by atoms with Gasteiger partial charge in [-0.3, -0.25) is 15.0 Å². The number of nitro benzene ring substituents is 1. The Bertz CT molecular complexity index is 624. The number of alkyl halides is 3. The average Bonchev–Trinajstić information content (AvgIpc) is 2.46. The average molecular weight is 351 g/mol. The highest BCUT2D eigenvalue weighted by atomic mass is 19.4. The number of halogens is 4. The van der Waals surface area contributed by atoms with Crippen molar-refractivity contribution in [3.8, 4) is 5.75 Å². The molecule has 1 fully saturated rings. The lowest BCUT2D eigenvalue weighted by Crippen LogP contribution is -2.54. The van der Waals surface area contributed by atoms with Gasteiger partial charge in [-0.25, -0.2) is 0 Å². The van der Waals surface area contributed by atoms with Crippen LogP contribution in [0.25, 0.3) is 0 Å². The lowest BCUT2D eigenvalue weighted by Gasteiger charge is -2.40. The molecule has 134 valence electrons. The first-order valence-corrected chi connectivity index (χ1v) is 7.20. The van der Waals surface area contributed by atoms with Gasteiger partial charge >= 0.3 is 11.9 Å². The highest BCUT2D eigenvalue weighted by Gasteiger charge is 2.36. The Morgan fingerprint density at radius 2 is 2.04 bits per heavy atom. The standard InChI is InChI=1S/C14H17F4N3O3/c1-9-7-19(3-4-20(9)8-14(16,17)18)12-6-10(24-2)5-11(15)13(12)21(22)23/h5-6,9H,3-4,7-8H2,1-2H3. The van der Waals surface area contributed by atoms with E-state index in [0.29, 0.717) is 0 Å². The Hall–Kier alpha value is -2.10. The predicted octanol–water partition coefficient (Wildman–Crippen LogP) is 2.82. The van der Waals surface area contributed by atoms with Crippen LogP contribution >= 0.6 is 0 Å². The molecule has 1 atom stereocenters. The number of nitro groups is 1. The maximum Gasteiger partial charge on any atom is 0.401 e. The van der Waals surface area contributed by atoms with E-state index in [1.165, 1.54) is 23.0 Å². The quantitative estimate of drug-likeness (QED) is 0.474. The second kappa shape index (κ2) is 6.80. The van der Waals surface area contributed by atoms with E-state index in [1.54, 1.807) is 6.92 Å². The summed E-state index contributed by atoms with van der Waals surface area (Å²) in [7, 11) is 1.30. The molecule has 0 aromatic heterocycles. The minimum Gasteiger partial charge on any atom is -0.497 e. The molecule has 2 rings (SSSR count). The third-order valence-electron chi connectivity index (χ3n) is 3.92. The molecule has 1 saturated heterocycles. The first-order chi connectivity index (χ1) is 11.1. The summed E-state index contributed by atoms with van der Waals surface area (Å²) < 4.78 is 56.6. The summed E-state index contributed by atoms with van der Waals surface area (Å²) in [6, 6.07) is 1.74. The van der Waals surface area contributed by atoms with Crippen molar-refractivity contribution in [3.05, 3.63) is 28.1 Å². The van der Waals surface area contributed by atoms with Crippen LogP contribution in [0.4, 0.5) is 28.9 Å². The van der Waals surface area contributed by atoms with Gasteiger partial charge in [-0.05, 0) is 6.92 Å². The first kappa shape index (κ1) is 18.2. The van der Waals surface area contributed by atoms with Crippen molar-refractivity contribution in [2.24, 2.45) is 0 Å². The molecule has 0 saturated carbocycles. The summed E-state index contributed by atoms with van der Waals surface area (Å²) in [6.45, 7) is 0.852. The summed E-state index contributed by atoms with van der Waals surface area (Å²) in [6.07, 6.45) is -4.31. The van der Waals surface area contributed by atoms with E-state index in [4.69, 9.17) is 4.74 Å². The van der Waals surface area contributed by atoms with Crippen LogP contribution in [0.15, 0.2) is 12.1 Å². The van der Waals surface area contributed by atoms with Crippen LogP contribution in [-0.2, 0) is 0 Å². The van der Waals surface area contributed by atoms with Crippen molar-refractivity contribution in [2.75, 3.05) is 38.2 Å². The van der Waals surface area contributed by atoms with Crippen LogP contribution in [-0.4, -0.2) is 55.3 Å². The monoisotopic (exact) mass is 351 g/mol. The molecular formula is C14H17F4N3O3. The number of methoxy groups -OCH3 is 1. The van der Waals surface area contributed by atoms with Crippen molar-refractivity contribution in [3.63, 3.8) is 0 Å². The minimum atomic E-state index is -4.31. The summed E-state index contributed by atoms with van der Waals surface area (Å²) in [4.78, 5) is 13.1. The lowest BCUT2D eigenvalue weighted by molar-refractivity contribution is -0.386. The second-order valence-electron chi connectivity index (χ2n) is 5.61. The number of hydrogen-bond acceptors (Lipinski definition) is 5. The van der Waals surface area contributed by atoms with Gasteiger partial charge < -0.3 is 9.64 Å². The first-order valence-electron chi connectivity index (χ1n) is 7.20. The van der Waals surface area contributed by atoms with Gasteiger partial charge in [0, 0.05) is 37.8 Å². The molecule has 1 unspecified atom stereocenters. The number of hydrogen-bond donors (Lipinski definition) is 0. The SMILES string of the molecule is COc1cc(F)c([N+](=O)[O-])c(N2CCN(CC(F)(F)F)C(C)C2)c1. The Labute approximate surface area is 135 Å². The largest absolute Gasteiger partial charge is 0.497 e. The molecule has 0 spiro atoms. The molecule has 0 aliphatic carbocycles. The summed E-state index contributed by atoms with van der Waals surface area (Å²) in [5.74, 6) is -0.932. The smallest absolute Gasteiger partial charge is 0.401 e. The molecule has 1 aliphatic rings. The fourth-order valence-corrected chi connectivity index (χ4v) is 2.78. The molecule has 0 amide bonds. The summed E-state index contributed by atoms with van der Waals surface area (Å²) in [5.41, 5.74) is -0.692. The highest BCUT2D eigenvalue weighted by Crippen LogP contribution is 2.36. The predicted molar refractivity (Wildman–Crippen MR) is 78.9 cm³/mol. The molecule has 0 radical (unpaired) electrons. The molecule has 0 bridgehead atoms. The van der Waals surface area contributed by atoms with Crippen LogP contribution in [0.2, 0.25) is 0 Å². The second-order valence-corrected chi connectivity index (χ2v) is 5.61. The van der Waals surface area contributed by atoms with E-state index < -0.39 is 35.2 Å². The van der Waals surface area contributed by atoms with E-state index in [9.17, 15) is 27.7 Å². The van der Waals surface area contributed by atoms with Crippen LogP contribution in [0.3, 0.4) is 0 Å². The van der Waals surface area contributed by atoms with Gasteiger partial charge in [0.15, 0.2) is 0 Å². The zero-order valence-electron chi connectivity index (χ0n) is 13.1. The van der Waals surface area contributed by atoms with Crippen molar-refractivity contribution >= 4 is 11.4 Å². The van der Waals surface area contributed by atoms with Gasteiger partial charge in [0.2, 0.25) is 5.82 Å². The zero-order chi connectivity index (χ0) is 18.1.